The summed E-state index contributed by atoms with van der Waals surface area (Å²) in [7, 11) is 0. The van der Waals surface area contributed by atoms with Crippen molar-refractivity contribution >= 4 is 11.6 Å². The molecule has 0 aliphatic rings. The molecule has 6 heteroatoms. The molecule has 0 saturated heterocycles. The molecular weight excluding hydrogens is 378 g/mol. The van der Waals surface area contributed by atoms with Gasteiger partial charge in [0, 0.05) is 6.20 Å². The topological polar surface area (TPSA) is 64.9 Å². The lowest BCUT2D eigenvalue weighted by molar-refractivity contribution is 0.0940. The molecule has 4 rings (SSSR count). The molecule has 0 unspecified atom stereocenters. The molecule has 2 aromatic carbocycles. The number of nitrogens with one attached hydrogen (secondary N) is 1. The van der Waals surface area contributed by atoms with Crippen LogP contribution in [-0.4, -0.2) is 28.4 Å². The molecule has 0 saturated carbocycles. The van der Waals surface area contributed by atoms with Crippen molar-refractivity contribution in [3.05, 3.63) is 89.9 Å². The number of aromatic nitrogens is 2. The van der Waals surface area contributed by atoms with Gasteiger partial charge in [0.15, 0.2) is 0 Å². The molecule has 0 aliphatic heterocycles. The lowest BCUT2D eigenvalue weighted by atomic mass is 10.3. The van der Waals surface area contributed by atoms with Gasteiger partial charge in [-0.3, -0.25) is 9.20 Å². The summed E-state index contributed by atoms with van der Waals surface area (Å²) in [6.07, 6.45) is 1.92. The van der Waals surface area contributed by atoms with E-state index in [1.807, 2.05) is 91.2 Å². The van der Waals surface area contributed by atoms with E-state index in [2.05, 4.69) is 10.3 Å². The molecule has 2 aromatic heterocycles. The molecular formula is C24H23N3O3. The van der Waals surface area contributed by atoms with Gasteiger partial charge in [0.05, 0.1) is 12.2 Å². The highest BCUT2D eigenvalue weighted by molar-refractivity contribution is 5.94. The number of nitrogens with zero attached hydrogens (tertiary/aromatic N) is 2. The molecule has 152 valence electrons. The van der Waals surface area contributed by atoms with Crippen molar-refractivity contribution in [3.63, 3.8) is 0 Å². The molecule has 4 aromatic rings. The van der Waals surface area contributed by atoms with Crippen LogP contribution in [0.25, 0.3) is 5.65 Å². The largest absolute Gasteiger partial charge is 0.492 e. The van der Waals surface area contributed by atoms with Crippen LogP contribution in [0.2, 0.25) is 0 Å². The number of imidazole rings is 1. The molecule has 6 nitrogen and oxygen atoms in total. The third kappa shape index (κ3) is 4.43. The van der Waals surface area contributed by atoms with E-state index in [-0.39, 0.29) is 5.91 Å². The van der Waals surface area contributed by atoms with Crippen LogP contribution in [0, 0.1) is 13.8 Å². The Hall–Kier alpha value is -3.80. The summed E-state index contributed by atoms with van der Waals surface area (Å²) >= 11 is 0. The summed E-state index contributed by atoms with van der Waals surface area (Å²) in [5, 5.41) is 2.90. The van der Waals surface area contributed by atoms with Crippen molar-refractivity contribution in [2.75, 3.05) is 13.2 Å². The number of carbonyl (C=O) groups excluding carboxylic acids is 1. The number of hydrogen-bond acceptors (Lipinski definition) is 4. The average Bonchev–Trinajstić information content (AvgIpc) is 3.08. The van der Waals surface area contributed by atoms with E-state index < -0.39 is 0 Å². The van der Waals surface area contributed by atoms with Gasteiger partial charge in [-0.15, -0.1) is 0 Å². The number of amides is 1. The van der Waals surface area contributed by atoms with Crippen LogP contribution in [0.15, 0.2) is 72.9 Å². The molecule has 30 heavy (non-hydrogen) atoms. The minimum absolute atomic E-state index is 0.166. The number of fused-ring (bicyclic) bond motifs is 1. The second kappa shape index (κ2) is 8.69. The van der Waals surface area contributed by atoms with Gasteiger partial charge in [-0.1, -0.05) is 24.3 Å². The van der Waals surface area contributed by atoms with Crippen molar-refractivity contribution in [1.82, 2.24) is 14.7 Å². The summed E-state index contributed by atoms with van der Waals surface area (Å²) < 4.78 is 13.3. The van der Waals surface area contributed by atoms with Gasteiger partial charge in [-0.2, -0.15) is 0 Å². The van der Waals surface area contributed by atoms with Crippen LogP contribution in [0.1, 0.15) is 21.7 Å². The number of pyridine rings is 1. The Morgan fingerprint density at radius 2 is 1.63 bits per heavy atom. The average molecular weight is 401 g/mol. The molecule has 2 heterocycles. The predicted molar refractivity (Wildman–Crippen MR) is 115 cm³/mol. The first-order valence-corrected chi connectivity index (χ1v) is 9.79. The van der Waals surface area contributed by atoms with Gasteiger partial charge in [0.25, 0.3) is 5.91 Å². The number of benzene rings is 2. The monoisotopic (exact) mass is 401 g/mol. The number of rotatable bonds is 7. The number of carbonyl (C=O) groups is 1. The molecule has 0 spiro atoms. The SMILES string of the molecule is Cc1ccc2nc(C)c(C(=O)NCCOc3ccc(Oc4ccccc4)cc3)n2c1. The van der Waals surface area contributed by atoms with Crippen molar-refractivity contribution < 1.29 is 14.3 Å². The van der Waals surface area contributed by atoms with E-state index >= 15 is 0 Å². The molecule has 0 atom stereocenters. The third-order valence-corrected chi connectivity index (χ3v) is 4.61. The lowest BCUT2D eigenvalue weighted by Gasteiger charge is -2.10. The Morgan fingerprint density at radius 1 is 0.933 bits per heavy atom. The maximum Gasteiger partial charge on any atom is 0.270 e. The van der Waals surface area contributed by atoms with Crippen molar-refractivity contribution in [3.8, 4) is 17.2 Å². The quantitative estimate of drug-likeness (QED) is 0.461. The number of para-hydroxylation sites is 1. The first kappa shape index (κ1) is 19.5. The van der Waals surface area contributed by atoms with Crippen LogP contribution >= 0.6 is 0 Å². The number of hydrogen-bond donors (Lipinski definition) is 1. The van der Waals surface area contributed by atoms with Crippen LogP contribution in [0.5, 0.6) is 17.2 Å². The number of aryl methyl sites for hydroxylation is 2. The lowest BCUT2D eigenvalue weighted by Crippen LogP contribution is -2.29. The van der Waals surface area contributed by atoms with E-state index in [1.54, 1.807) is 0 Å². The summed E-state index contributed by atoms with van der Waals surface area (Å²) in [6, 6.07) is 20.9. The first-order valence-electron chi connectivity index (χ1n) is 9.79. The van der Waals surface area contributed by atoms with Crippen LogP contribution < -0.4 is 14.8 Å². The fourth-order valence-electron chi connectivity index (χ4n) is 3.19. The normalized spacial score (nSPS) is 10.7. The fourth-order valence-corrected chi connectivity index (χ4v) is 3.19. The molecule has 1 amide bonds. The molecule has 0 fully saturated rings. The summed E-state index contributed by atoms with van der Waals surface area (Å²) in [6.45, 7) is 4.58. The van der Waals surface area contributed by atoms with Crippen molar-refractivity contribution in [2.45, 2.75) is 13.8 Å². The van der Waals surface area contributed by atoms with Crippen molar-refractivity contribution in [1.29, 1.82) is 0 Å². The Morgan fingerprint density at radius 3 is 2.40 bits per heavy atom. The highest BCUT2D eigenvalue weighted by Crippen LogP contribution is 2.23. The van der Waals surface area contributed by atoms with E-state index in [0.717, 1.165) is 22.7 Å². The molecule has 0 aliphatic carbocycles. The van der Waals surface area contributed by atoms with E-state index in [1.165, 1.54) is 0 Å². The summed E-state index contributed by atoms with van der Waals surface area (Å²) in [5.41, 5.74) is 3.08. The summed E-state index contributed by atoms with van der Waals surface area (Å²) in [5.74, 6) is 2.07. The minimum atomic E-state index is -0.166. The van der Waals surface area contributed by atoms with Gasteiger partial charge >= 0.3 is 0 Å². The number of ether oxygens (including phenoxy) is 2. The van der Waals surface area contributed by atoms with Gasteiger partial charge in [-0.25, -0.2) is 4.98 Å². The van der Waals surface area contributed by atoms with Gasteiger partial charge in [0.1, 0.15) is 35.2 Å². The second-order valence-corrected chi connectivity index (χ2v) is 6.97. The van der Waals surface area contributed by atoms with Crippen LogP contribution in [0.3, 0.4) is 0 Å². The van der Waals surface area contributed by atoms with Gasteiger partial charge in [-0.05, 0) is 61.9 Å². The van der Waals surface area contributed by atoms with E-state index in [9.17, 15) is 4.79 Å². The molecule has 0 radical (unpaired) electrons. The summed E-state index contributed by atoms with van der Waals surface area (Å²) in [4.78, 5) is 17.1. The van der Waals surface area contributed by atoms with Gasteiger partial charge < -0.3 is 14.8 Å². The zero-order chi connectivity index (χ0) is 20.9. The Labute approximate surface area is 175 Å². The fraction of sp³-hybridized carbons (Fsp3) is 0.167. The zero-order valence-corrected chi connectivity index (χ0v) is 17.0. The van der Waals surface area contributed by atoms with E-state index in [4.69, 9.17) is 9.47 Å². The van der Waals surface area contributed by atoms with Crippen LogP contribution in [0.4, 0.5) is 0 Å². The first-order chi connectivity index (χ1) is 14.6. The van der Waals surface area contributed by atoms with Gasteiger partial charge in [0.2, 0.25) is 0 Å². The Kier molecular flexibility index (Phi) is 5.66. The second-order valence-electron chi connectivity index (χ2n) is 6.97. The maximum absolute atomic E-state index is 12.6. The Balaban J connectivity index is 1.29. The standard InChI is InChI=1S/C24H23N3O3/c1-17-8-13-22-26-18(2)23(27(22)16-17)24(28)25-14-15-29-19-9-11-21(12-10-19)30-20-6-4-3-5-7-20/h3-13,16H,14-15H2,1-2H3,(H,25,28). The highest BCUT2D eigenvalue weighted by atomic mass is 16.5. The highest BCUT2D eigenvalue weighted by Gasteiger charge is 2.16. The Bertz CT molecular complexity index is 1150. The minimum Gasteiger partial charge on any atom is -0.492 e. The zero-order valence-electron chi connectivity index (χ0n) is 17.0. The molecule has 1 N–H and O–H groups in total. The third-order valence-electron chi connectivity index (χ3n) is 4.61. The van der Waals surface area contributed by atoms with Crippen molar-refractivity contribution in [2.24, 2.45) is 0 Å². The van der Waals surface area contributed by atoms with Crippen LogP contribution in [-0.2, 0) is 0 Å². The maximum atomic E-state index is 12.6. The van der Waals surface area contributed by atoms with E-state index in [0.29, 0.717) is 30.3 Å². The predicted octanol–water partition coefficient (Wildman–Crippen LogP) is 4.55. The molecule has 0 bridgehead atoms. The smallest absolute Gasteiger partial charge is 0.270 e.